The Morgan fingerprint density at radius 2 is 0.846 bits per heavy atom. The molecule has 9 rings (SSSR count). The summed E-state index contributed by atoms with van der Waals surface area (Å²) in [5, 5.41) is 39.9. The van der Waals surface area contributed by atoms with Crippen molar-refractivity contribution >= 4 is 45.9 Å². The van der Waals surface area contributed by atoms with Crippen LogP contribution in [0.25, 0.3) is 90.4 Å². The highest BCUT2D eigenvalue weighted by molar-refractivity contribution is 6.08. The van der Waals surface area contributed by atoms with Gasteiger partial charge in [-0.2, -0.15) is 0 Å². The molecule has 0 radical (unpaired) electrons. The molecule has 0 amide bonds. The lowest BCUT2D eigenvalue weighted by atomic mass is 10.0. The maximum Gasteiger partial charge on any atom is 0.335 e. The number of aromatic nitrogens is 8. The van der Waals surface area contributed by atoms with Gasteiger partial charge in [0.05, 0.1) is 33.9 Å². The topological polar surface area (TPSA) is 256 Å². The molecule has 0 fully saturated rings. The fourth-order valence-corrected chi connectivity index (χ4v) is 6.26. The van der Waals surface area contributed by atoms with Gasteiger partial charge in [-0.1, -0.05) is 12.1 Å². The number of H-pyrrole nitrogens is 1. The monoisotopic (exact) mass is 689 g/mol. The Morgan fingerprint density at radius 3 is 1.37 bits per heavy atom. The number of aromatic amines is 1. The quantitative estimate of drug-likeness (QED) is 0.159. The molecule has 3 aliphatic heterocycles. The summed E-state index contributed by atoms with van der Waals surface area (Å²) in [6, 6.07) is 17.4. The van der Waals surface area contributed by atoms with Gasteiger partial charge in [0, 0.05) is 44.7 Å². The van der Waals surface area contributed by atoms with Crippen LogP contribution in [0.4, 0.5) is 0 Å². The Balaban J connectivity index is 1.45. The van der Waals surface area contributed by atoms with E-state index in [2.05, 4.69) is 15.0 Å². The van der Waals surface area contributed by atoms with Gasteiger partial charge in [-0.05, 0) is 71.4 Å². The van der Waals surface area contributed by atoms with Crippen molar-refractivity contribution in [3.63, 3.8) is 0 Å². The van der Waals surface area contributed by atoms with Gasteiger partial charge in [0.2, 0.25) is 0 Å². The molecule has 6 aromatic rings. The number of hydrogen-bond acceptors (Lipinski definition) is 10. The van der Waals surface area contributed by atoms with Crippen LogP contribution in [0.15, 0.2) is 72.8 Å². The number of carboxylic acid groups (broad SMARTS) is 4. The summed E-state index contributed by atoms with van der Waals surface area (Å²) in [6.07, 6.45) is 0. The third-order valence-corrected chi connectivity index (χ3v) is 8.75. The summed E-state index contributed by atoms with van der Waals surface area (Å²) in [5.41, 5.74) is 2.42. The maximum absolute atomic E-state index is 12.0. The molecule has 0 unspecified atom stereocenters. The van der Waals surface area contributed by atoms with E-state index in [0.717, 1.165) is 0 Å². The summed E-state index contributed by atoms with van der Waals surface area (Å²) in [4.78, 5) is 83.9. The first-order valence-electron chi connectivity index (χ1n) is 15.3. The predicted octanol–water partition coefficient (Wildman–Crippen LogP) is 5.19. The normalized spacial score (nSPS) is 11.7. The molecule has 5 heterocycles. The van der Waals surface area contributed by atoms with Crippen LogP contribution in [-0.4, -0.2) is 79.2 Å². The van der Waals surface area contributed by atoms with E-state index in [-0.39, 0.29) is 68.5 Å². The minimum Gasteiger partial charge on any atom is -0.478 e. The molecule has 8 bridgehead atoms. The van der Waals surface area contributed by atoms with Gasteiger partial charge in [0.1, 0.15) is 0 Å². The second-order valence-electron chi connectivity index (χ2n) is 11.8. The fraction of sp³-hybridized carbons (Fsp3) is 0. The molecule has 2 aromatic heterocycles. The third-order valence-electron chi connectivity index (χ3n) is 8.75. The summed E-state index contributed by atoms with van der Waals surface area (Å²) in [7, 11) is 0. The maximum atomic E-state index is 12.0. The summed E-state index contributed by atoms with van der Waals surface area (Å²) < 4.78 is 0. The molecule has 4 aromatic carbocycles. The highest BCUT2D eigenvalue weighted by atomic mass is 16.4. The number of carboxylic acids is 4. The van der Waals surface area contributed by atoms with E-state index < -0.39 is 23.9 Å². The first-order valence-corrected chi connectivity index (χ1v) is 15.3. The van der Waals surface area contributed by atoms with Crippen molar-refractivity contribution < 1.29 is 39.6 Å². The number of rotatable bonds is 4. The molecule has 5 N–H and O–H groups in total. The molecule has 3 aliphatic rings. The lowest BCUT2D eigenvalue weighted by Gasteiger charge is -2.03. The molecule has 0 aliphatic carbocycles. The van der Waals surface area contributed by atoms with Gasteiger partial charge >= 0.3 is 23.9 Å². The zero-order valence-corrected chi connectivity index (χ0v) is 26.0. The standard InChI is InChI=1S/C36H18N8O8/c45-33(46)13-1-5-17-21(9-13)29-37-25(17)41-30-22-10-14(34(47)48)2-6-18(22)27(38-30)43-32-24-12-16(36(51)52)4-8-20(24)28(40-32)44-31-23-11-15(35(49)50)3-7-19(23)26(39-31)42-29/h1-12H,(H6,37,38,39,40,41,42,43,44,45,46,47,48,49,50,51,52)/p-1. The van der Waals surface area contributed by atoms with E-state index in [4.69, 9.17) is 24.9 Å². The van der Waals surface area contributed by atoms with Crippen molar-refractivity contribution in [2.24, 2.45) is 0 Å². The average molecular weight is 690 g/mol. The van der Waals surface area contributed by atoms with E-state index >= 15 is 0 Å². The van der Waals surface area contributed by atoms with Gasteiger partial charge < -0.3 is 35.4 Å². The first kappa shape index (κ1) is 30.2. The van der Waals surface area contributed by atoms with Crippen molar-refractivity contribution in [1.29, 1.82) is 0 Å². The summed E-state index contributed by atoms with van der Waals surface area (Å²) >= 11 is 0. The van der Waals surface area contributed by atoms with Gasteiger partial charge in [-0.3, -0.25) is 0 Å². The number of fused-ring (bicyclic) bond motifs is 20. The van der Waals surface area contributed by atoms with Gasteiger partial charge in [-0.15, -0.1) is 0 Å². The van der Waals surface area contributed by atoms with Crippen molar-refractivity contribution in [2.45, 2.75) is 0 Å². The van der Waals surface area contributed by atoms with E-state index in [0.29, 0.717) is 44.2 Å². The zero-order valence-electron chi connectivity index (χ0n) is 26.0. The number of hydrogen-bond donors (Lipinski definition) is 5. The molecule has 0 saturated heterocycles. The lowest BCUT2D eigenvalue weighted by Crippen LogP contribution is -1.97. The average Bonchev–Trinajstić information content (AvgIpc) is 3.85. The number of nitrogens with one attached hydrogen (secondary N) is 1. The van der Waals surface area contributed by atoms with Crippen molar-refractivity contribution in [3.05, 3.63) is 95.1 Å². The summed E-state index contributed by atoms with van der Waals surface area (Å²) in [5.74, 6) is -4.13. The number of benzene rings is 4. The van der Waals surface area contributed by atoms with Crippen LogP contribution >= 0.6 is 0 Å². The van der Waals surface area contributed by atoms with Crippen LogP contribution in [0.3, 0.4) is 0 Å². The molecule has 52 heavy (non-hydrogen) atoms. The van der Waals surface area contributed by atoms with Crippen molar-refractivity contribution in [2.75, 3.05) is 0 Å². The summed E-state index contributed by atoms with van der Waals surface area (Å²) in [6.45, 7) is 0. The van der Waals surface area contributed by atoms with Crippen LogP contribution in [-0.2, 0) is 0 Å². The first-order chi connectivity index (χ1) is 25.0. The minimum absolute atomic E-state index is 0.0256. The molecular weight excluding hydrogens is 672 g/mol. The van der Waals surface area contributed by atoms with E-state index in [1.54, 1.807) is 12.1 Å². The Labute approximate surface area is 288 Å². The van der Waals surface area contributed by atoms with E-state index in [1.807, 2.05) is 0 Å². The van der Waals surface area contributed by atoms with Gasteiger partial charge in [0.15, 0.2) is 23.3 Å². The smallest absolute Gasteiger partial charge is 0.335 e. The second kappa shape index (κ2) is 10.8. The minimum atomic E-state index is -1.19. The molecule has 0 spiro atoms. The second-order valence-corrected chi connectivity index (χ2v) is 11.8. The van der Waals surface area contributed by atoms with Gasteiger partial charge in [-0.25, -0.2) is 44.1 Å². The largest absolute Gasteiger partial charge is 0.478 e. The highest BCUT2D eigenvalue weighted by Gasteiger charge is 2.26. The Hall–Kier alpha value is -7.88. The molecule has 0 atom stereocenters. The fourth-order valence-electron chi connectivity index (χ4n) is 6.26. The lowest BCUT2D eigenvalue weighted by molar-refractivity contribution is 0.0686. The zero-order chi connectivity index (χ0) is 36.0. The van der Waals surface area contributed by atoms with Crippen molar-refractivity contribution in [1.82, 2.24) is 39.9 Å². The number of carbonyl (C=O) groups is 4. The predicted molar refractivity (Wildman–Crippen MR) is 181 cm³/mol. The Bertz CT molecular complexity index is 2890. The number of aromatic carboxylic acids is 4. The Kier molecular flexibility index (Phi) is 6.28. The van der Waals surface area contributed by atoms with Crippen LogP contribution in [0.5, 0.6) is 0 Å². The molecule has 16 nitrogen and oxygen atoms in total. The SMILES string of the molecule is O=C(O)c1ccc2c(c1)-c1nc3nc(nc4[n-]c([nH]c5nc(nc-2n1)-c1cc(C(=O)O)ccc1-5)c1cc(C(=O)O)ccc41)-c1cc(C(=O)O)ccc1-3. The molecule has 0 saturated carbocycles. The third kappa shape index (κ3) is 4.62. The Morgan fingerprint density at radius 1 is 0.442 bits per heavy atom. The molecule has 16 heteroatoms. The van der Waals surface area contributed by atoms with Crippen LogP contribution in [0, 0.1) is 0 Å². The highest BCUT2D eigenvalue weighted by Crippen LogP contribution is 2.40. The van der Waals surface area contributed by atoms with Gasteiger partial charge in [0.25, 0.3) is 0 Å². The van der Waals surface area contributed by atoms with E-state index in [9.17, 15) is 39.6 Å². The van der Waals surface area contributed by atoms with Crippen molar-refractivity contribution in [3.8, 4) is 68.3 Å². The van der Waals surface area contributed by atoms with Crippen LogP contribution < -0.4 is 4.98 Å². The molecule has 250 valence electrons. The van der Waals surface area contributed by atoms with Crippen LogP contribution in [0.1, 0.15) is 41.4 Å². The van der Waals surface area contributed by atoms with Crippen LogP contribution in [0.2, 0.25) is 0 Å². The number of nitrogens with zero attached hydrogens (tertiary/aromatic N) is 7. The molecular formula is C36H17N8O8-. The van der Waals surface area contributed by atoms with E-state index in [1.165, 1.54) is 60.7 Å².